The maximum Gasteiger partial charge on any atom is 0.338 e. The van der Waals surface area contributed by atoms with Crippen LogP contribution in [0.25, 0.3) is 0 Å². The van der Waals surface area contributed by atoms with E-state index in [1.165, 1.54) is 7.11 Å². The number of rotatable bonds is 2. The van der Waals surface area contributed by atoms with Gasteiger partial charge in [0.2, 0.25) is 0 Å². The van der Waals surface area contributed by atoms with Crippen molar-refractivity contribution in [3.8, 4) is 0 Å². The lowest BCUT2D eigenvalue weighted by Gasteiger charge is -2.17. The van der Waals surface area contributed by atoms with Gasteiger partial charge in [-0.25, -0.2) is 4.79 Å². The number of hydrogen-bond acceptors (Lipinski definition) is 4. The zero-order chi connectivity index (χ0) is 14.2. The van der Waals surface area contributed by atoms with Crippen LogP contribution in [-0.2, 0) is 19.0 Å². The molecule has 1 aromatic carbocycles. The average Bonchev–Trinajstić information content (AvgIpc) is 2.64. The third-order valence-electron chi connectivity index (χ3n) is 2.80. The van der Waals surface area contributed by atoms with Crippen molar-refractivity contribution < 1.29 is 19.0 Å². The van der Waals surface area contributed by atoms with E-state index in [2.05, 4.69) is 0 Å². The maximum absolute atomic E-state index is 11.8. The number of esters is 1. The number of benzene rings is 1. The van der Waals surface area contributed by atoms with Crippen LogP contribution in [0.1, 0.15) is 25.5 Å². The van der Waals surface area contributed by atoms with Crippen molar-refractivity contribution in [2.75, 3.05) is 7.11 Å². The summed E-state index contributed by atoms with van der Waals surface area (Å²) in [5, 5.41) is 0.939. The third kappa shape index (κ3) is 3.03. The van der Waals surface area contributed by atoms with E-state index in [-0.39, 0.29) is 0 Å². The lowest BCUT2D eigenvalue weighted by atomic mass is 10.0. The Morgan fingerprint density at radius 1 is 1.32 bits per heavy atom. The number of carbonyl (C=O) groups is 1. The van der Waals surface area contributed by atoms with E-state index in [1.54, 1.807) is 32.0 Å². The molecular weight excluding hydrogens is 291 g/mol. The Hall–Kier alpha value is -0.810. The van der Waals surface area contributed by atoms with E-state index in [1.807, 2.05) is 0 Å². The van der Waals surface area contributed by atoms with Crippen LogP contribution >= 0.6 is 23.2 Å². The van der Waals surface area contributed by atoms with Crippen molar-refractivity contribution in [1.82, 2.24) is 0 Å². The standard InChI is InChI=1S/C13H14Cl2O4/c1-13(2)18-10(11(19-13)12(16)17-3)8-5-4-7(14)6-9(8)15/h4-6,10-11H,1-3H3/t10-,11+/m1/s1. The second kappa shape index (κ2) is 5.29. The molecule has 6 heteroatoms. The molecule has 0 amide bonds. The second-order valence-electron chi connectivity index (χ2n) is 4.67. The Bertz CT molecular complexity index is 501. The molecule has 1 saturated heterocycles. The van der Waals surface area contributed by atoms with E-state index in [9.17, 15) is 4.79 Å². The Labute approximate surface area is 121 Å². The number of ether oxygens (including phenoxy) is 3. The quantitative estimate of drug-likeness (QED) is 0.786. The fourth-order valence-electron chi connectivity index (χ4n) is 2.01. The summed E-state index contributed by atoms with van der Waals surface area (Å²) in [6, 6.07) is 5.00. The molecule has 0 N–H and O–H groups in total. The summed E-state index contributed by atoms with van der Waals surface area (Å²) in [7, 11) is 1.30. The van der Waals surface area contributed by atoms with Gasteiger partial charge in [-0.05, 0) is 26.0 Å². The zero-order valence-corrected chi connectivity index (χ0v) is 12.3. The smallest absolute Gasteiger partial charge is 0.338 e. The summed E-state index contributed by atoms with van der Waals surface area (Å²) in [6.07, 6.45) is -1.47. The molecule has 4 nitrogen and oxygen atoms in total. The molecule has 104 valence electrons. The monoisotopic (exact) mass is 304 g/mol. The van der Waals surface area contributed by atoms with Crippen LogP contribution in [0.2, 0.25) is 10.0 Å². The van der Waals surface area contributed by atoms with Crippen molar-refractivity contribution in [1.29, 1.82) is 0 Å². The zero-order valence-electron chi connectivity index (χ0n) is 10.8. The minimum atomic E-state index is -0.882. The molecule has 0 saturated carbocycles. The molecular formula is C13H14Cl2O4. The summed E-state index contributed by atoms with van der Waals surface area (Å²) in [5.74, 6) is -1.38. The molecule has 0 aliphatic carbocycles. The molecule has 19 heavy (non-hydrogen) atoms. The van der Waals surface area contributed by atoms with Crippen LogP contribution in [0.15, 0.2) is 18.2 Å². The van der Waals surface area contributed by atoms with Gasteiger partial charge in [-0.15, -0.1) is 0 Å². The van der Waals surface area contributed by atoms with Crippen molar-refractivity contribution in [3.05, 3.63) is 33.8 Å². The van der Waals surface area contributed by atoms with Crippen molar-refractivity contribution in [3.63, 3.8) is 0 Å². The van der Waals surface area contributed by atoms with Crippen molar-refractivity contribution in [2.45, 2.75) is 31.8 Å². The summed E-state index contributed by atoms with van der Waals surface area (Å²) < 4.78 is 16.0. The van der Waals surface area contributed by atoms with Crippen molar-refractivity contribution in [2.24, 2.45) is 0 Å². The molecule has 2 atom stereocenters. The molecule has 0 bridgehead atoms. The van der Waals surface area contributed by atoms with Gasteiger partial charge in [-0.2, -0.15) is 0 Å². The predicted molar refractivity (Wildman–Crippen MR) is 71.3 cm³/mol. The number of carbonyl (C=O) groups excluding carboxylic acids is 1. The first-order valence-corrected chi connectivity index (χ1v) is 6.48. The average molecular weight is 305 g/mol. The van der Waals surface area contributed by atoms with E-state index in [4.69, 9.17) is 37.4 Å². The highest BCUT2D eigenvalue weighted by molar-refractivity contribution is 6.35. The molecule has 1 aliphatic rings. The molecule has 1 aromatic rings. The van der Waals surface area contributed by atoms with Crippen LogP contribution in [0, 0.1) is 0 Å². The number of halogens is 2. The van der Waals surface area contributed by atoms with Gasteiger partial charge in [-0.1, -0.05) is 29.3 Å². The first-order valence-electron chi connectivity index (χ1n) is 5.72. The molecule has 0 spiro atoms. The van der Waals surface area contributed by atoms with Gasteiger partial charge in [0.1, 0.15) is 6.10 Å². The highest BCUT2D eigenvalue weighted by Gasteiger charge is 2.47. The molecule has 1 aliphatic heterocycles. The highest BCUT2D eigenvalue weighted by atomic mass is 35.5. The second-order valence-corrected chi connectivity index (χ2v) is 5.51. The highest BCUT2D eigenvalue weighted by Crippen LogP contribution is 2.41. The van der Waals surface area contributed by atoms with Gasteiger partial charge in [-0.3, -0.25) is 0 Å². The van der Waals surface area contributed by atoms with Crippen LogP contribution in [0.3, 0.4) is 0 Å². The van der Waals surface area contributed by atoms with Crippen LogP contribution in [0.4, 0.5) is 0 Å². The summed E-state index contributed by atoms with van der Waals surface area (Å²) in [6.45, 7) is 3.46. The summed E-state index contributed by atoms with van der Waals surface area (Å²) in [5.41, 5.74) is 0.645. The molecule has 2 rings (SSSR count). The van der Waals surface area contributed by atoms with E-state index < -0.39 is 24.0 Å². The number of methoxy groups -OCH3 is 1. The fraction of sp³-hybridized carbons (Fsp3) is 0.462. The third-order valence-corrected chi connectivity index (χ3v) is 3.36. The topological polar surface area (TPSA) is 44.8 Å². The van der Waals surface area contributed by atoms with Crippen LogP contribution < -0.4 is 0 Å². The summed E-state index contributed by atoms with van der Waals surface area (Å²) in [4.78, 5) is 11.8. The lowest BCUT2D eigenvalue weighted by molar-refractivity contribution is -0.168. The normalized spacial score (nSPS) is 25.3. The first kappa shape index (κ1) is 14.6. The van der Waals surface area contributed by atoms with Crippen LogP contribution in [0.5, 0.6) is 0 Å². The molecule has 0 unspecified atom stereocenters. The lowest BCUT2D eigenvalue weighted by Crippen LogP contribution is -2.29. The Morgan fingerprint density at radius 3 is 2.58 bits per heavy atom. The minimum Gasteiger partial charge on any atom is -0.467 e. The molecule has 0 radical (unpaired) electrons. The SMILES string of the molecule is COC(=O)[C@H]1OC(C)(C)O[C@@H]1c1ccc(Cl)cc1Cl. The fourth-order valence-corrected chi connectivity index (χ4v) is 2.53. The summed E-state index contributed by atoms with van der Waals surface area (Å²) >= 11 is 12.0. The Kier molecular flexibility index (Phi) is 4.06. The van der Waals surface area contributed by atoms with E-state index in [0.717, 1.165) is 0 Å². The van der Waals surface area contributed by atoms with Gasteiger partial charge >= 0.3 is 5.97 Å². The van der Waals surface area contributed by atoms with Gasteiger partial charge in [0.05, 0.1) is 7.11 Å². The van der Waals surface area contributed by atoms with Gasteiger partial charge in [0.25, 0.3) is 0 Å². The number of hydrogen-bond donors (Lipinski definition) is 0. The van der Waals surface area contributed by atoms with Crippen LogP contribution in [-0.4, -0.2) is 25.0 Å². The molecule has 0 aromatic heterocycles. The Balaban J connectivity index is 2.37. The Morgan fingerprint density at radius 2 is 2.00 bits per heavy atom. The van der Waals surface area contributed by atoms with E-state index >= 15 is 0 Å². The maximum atomic E-state index is 11.8. The van der Waals surface area contributed by atoms with Gasteiger partial charge in [0.15, 0.2) is 11.9 Å². The molecule has 1 fully saturated rings. The predicted octanol–water partition coefficient (Wildman–Crippen LogP) is 3.36. The van der Waals surface area contributed by atoms with E-state index in [0.29, 0.717) is 15.6 Å². The van der Waals surface area contributed by atoms with Gasteiger partial charge in [0, 0.05) is 15.6 Å². The first-order chi connectivity index (χ1) is 8.84. The van der Waals surface area contributed by atoms with Crippen molar-refractivity contribution >= 4 is 29.2 Å². The minimum absolute atomic E-state index is 0.424. The molecule has 1 heterocycles. The van der Waals surface area contributed by atoms with Gasteiger partial charge < -0.3 is 14.2 Å². The largest absolute Gasteiger partial charge is 0.467 e.